The Kier molecular flexibility index (Phi) is 7.69. The van der Waals surface area contributed by atoms with E-state index >= 15 is 0 Å². The number of nitrogens with zero attached hydrogens (tertiary/aromatic N) is 2. The zero-order valence-electron chi connectivity index (χ0n) is 18.5. The number of hydrogen-bond donors (Lipinski definition) is 2. The van der Waals surface area contributed by atoms with Crippen LogP contribution < -0.4 is 10.6 Å². The number of hydrogen-bond acceptors (Lipinski definition) is 5. The third-order valence-electron chi connectivity index (χ3n) is 5.27. The van der Waals surface area contributed by atoms with Gasteiger partial charge in [-0.2, -0.15) is 0 Å². The largest absolute Gasteiger partial charge is 0.337 e. The Morgan fingerprint density at radius 2 is 1.62 bits per heavy atom. The number of anilines is 1. The van der Waals surface area contributed by atoms with Gasteiger partial charge in [0.05, 0.1) is 5.69 Å². The summed E-state index contributed by atoms with van der Waals surface area (Å²) in [5.74, 6) is -0.644. The highest BCUT2D eigenvalue weighted by molar-refractivity contribution is 14.1. The third-order valence-corrected chi connectivity index (χ3v) is 7.77. The van der Waals surface area contributed by atoms with Gasteiger partial charge in [0.2, 0.25) is 0 Å². The Balaban J connectivity index is 1.58. The molecule has 4 aromatic rings. The quantitative estimate of drug-likeness (QED) is 0.217. The highest BCUT2D eigenvalue weighted by Crippen LogP contribution is 2.33. The first kappa shape index (κ1) is 24.0. The van der Waals surface area contributed by atoms with E-state index in [-0.39, 0.29) is 11.8 Å². The van der Waals surface area contributed by atoms with Crippen LogP contribution in [-0.2, 0) is 11.2 Å². The molecule has 2 N–H and O–H groups in total. The van der Waals surface area contributed by atoms with E-state index in [1.165, 1.54) is 16.9 Å². The number of halogens is 1. The van der Waals surface area contributed by atoms with E-state index in [1.54, 1.807) is 31.5 Å². The summed E-state index contributed by atoms with van der Waals surface area (Å²) in [4.78, 5) is 35.7. The number of carbonyl (C=O) groups excluding carboxylic acids is 2. The lowest BCUT2D eigenvalue weighted by atomic mass is 10.0. The monoisotopic (exact) mass is 582 g/mol. The predicted octanol–water partition coefficient (Wildman–Crippen LogP) is 5.36. The fourth-order valence-electron chi connectivity index (χ4n) is 3.34. The van der Waals surface area contributed by atoms with Gasteiger partial charge in [0.1, 0.15) is 5.54 Å². The van der Waals surface area contributed by atoms with Crippen LogP contribution >= 0.6 is 33.9 Å². The summed E-state index contributed by atoms with van der Waals surface area (Å²) in [5.41, 5.74) is 2.35. The lowest BCUT2D eigenvalue weighted by Crippen LogP contribution is -2.56. The molecule has 2 heterocycles. The Bertz CT molecular complexity index is 1270. The first-order valence-electron chi connectivity index (χ1n) is 10.7. The Hall–Kier alpha value is -3.11. The third kappa shape index (κ3) is 5.68. The molecule has 172 valence electrons. The highest BCUT2D eigenvalue weighted by Gasteiger charge is 2.35. The fraction of sp³-hybridized carbons (Fsp3) is 0.154. The van der Waals surface area contributed by atoms with Crippen molar-refractivity contribution in [3.8, 4) is 11.3 Å². The first-order valence-corrected chi connectivity index (χ1v) is 13.0. The maximum absolute atomic E-state index is 13.3. The number of carbonyl (C=O) groups is 2. The summed E-state index contributed by atoms with van der Waals surface area (Å²) in [6.45, 7) is 1.71. The highest BCUT2D eigenvalue weighted by atomic mass is 127. The summed E-state index contributed by atoms with van der Waals surface area (Å²) in [6.07, 6.45) is 3.80. The second-order valence-corrected chi connectivity index (χ2v) is 9.78. The van der Waals surface area contributed by atoms with Gasteiger partial charge in [-0.1, -0.05) is 83.3 Å². The molecule has 1 atom stereocenters. The molecule has 0 aliphatic rings. The van der Waals surface area contributed by atoms with E-state index in [1.807, 2.05) is 48.5 Å². The molecule has 0 aliphatic heterocycles. The molecule has 2 aromatic carbocycles. The van der Waals surface area contributed by atoms with Crippen molar-refractivity contribution in [2.45, 2.75) is 18.9 Å². The summed E-state index contributed by atoms with van der Waals surface area (Å²) in [6, 6.07) is 23.3. The van der Waals surface area contributed by atoms with E-state index < -0.39 is 5.54 Å². The first-order chi connectivity index (χ1) is 16.5. The molecule has 4 rings (SSSR count). The van der Waals surface area contributed by atoms with Crippen LogP contribution in [0.3, 0.4) is 0 Å². The van der Waals surface area contributed by atoms with Crippen molar-refractivity contribution in [2.75, 3.05) is 9.74 Å². The normalized spacial score (nSPS) is 12.5. The summed E-state index contributed by atoms with van der Waals surface area (Å²) in [5, 5.41) is 6.31. The van der Waals surface area contributed by atoms with E-state index in [9.17, 15) is 9.59 Å². The molecule has 0 saturated heterocycles. The fourth-order valence-corrected chi connectivity index (χ4v) is 4.89. The van der Waals surface area contributed by atoms with Crippen LogP contribution in [0.15, 0.2) is 85.2 Å². The average molecular weight is 582 g/mol. The van der Waals surface area contributed by atoms with Crippen LogP contribution in [0.25, 0.3) is 11.3 Å². The molecule has 1 unspecified atom stereocenters. The molecule has 2 amide bonds. The van der Waals surface area contributed by atoms with E-state index in [0.717, 1.165) is 16.1 Å². The van der Waals surface area contributed by atoms with Crippen molar-refractivity contribution in [1.82, 2.24) is 15.3 Å². The molecule has 0 spiro atoms. The molecular formula is C26H23IN4O2S. The molecule has 8 heteroatoms. The van der Waals surface area contributed by atoms with Crippen LogP contribution in [0.5, 0.6) is 0 Å². The zero-order valence-corrected chi connectivity index (χ0v) is 21.5. The number of amides is 2. The van der Waals surface area contributed by atoms with Gasteiger partial charge in [0, 0.05) is 39.2 Å². The number of alkyl halides is 1. The molecule has 0 aliphatic carbocycles. The molecule has 34 heavy (non-hydrogen) atoms. The maximum Gasteiger partial charge on any atom is 0.252 e. The molecule has 0 radical (unpaired) electrons. The second kappa shape index (κ2) is 10.9. The molecule has 0 fully saturated rings. The van der Waals surface area contributed by atoms with E-state index in [2.05, 4.69) is 50.3 Å². The van der Waals surface area contributed by atoms with Gasteiger partial charge in [0.25, 0.3) is 11.8 Å². The number of aromatic nitrogens is 2. The van der Waals surface area contributed by atoms with Gasteiger partial charge >= 0.3 is 0 Å². The minimum absolute atomic E-state index is 0.316. The van der Waals surface area contributed by atoms with Gasteiger partial charge in [-0.25, -0.2) is 4.98 Å². The SMILES string of the molecule is CC(CI)(NC(=O)c1ccncc1)C(=O)Nc1nc(-c2ccccc2)c(Cc2ccccc2)s1. The minimum Gasteiger partial charge on any atom is -0.337 e. The Morgan fingerprint density at radius 3 is 2.26 bits per heavy atom. The Labute approximate surface area is 216 Å². The number of rotatable bonds is 8. The maximum atomic E-state index is 13.3. The lowest BCUT2D eigenvalue weighted by molar-refractivity contribution is -0.120. The average Bonchev–Trinajstić information content (AvgIpc) is 3.27. The van der Waals surface area contributed by atoms with Crippen molar-refractivity contribution in [3.63, 3.8) is 0 Å². The topological polar surface area (TPSA) is 84.0 Å². The van der Waals surface area contributed by atoms with Gasteiger partial charge in [-0.05, 0) is 24.6 Å². The van der Waals surface area contributed by atoms with Crippen LogP contribution in [0.1, 0.15) is 27.7 Å². The lowest BCUT2D eigenvalue weighted by Gasteiger charge is -2.27. The summed E-state index contributed by atoms with van der Waals surface area (Å²) < 4.78 is 0.390. The van der Waals surface area contributed by atoms with Crippen molar-refractivity contribution in [2.24, 2.45) is 0 Å². The van der Waals surface area contributed by atoms with E-state index in [4.69, 9.17) is 4.98 Å². The van der Waals surface area contributed by atoms with Gasteiger partial charge in [0.15, 0.2) is 5.13 Å². The van der Waals surface area contributed by atoms with Crippen molar-refractivity contribution in [1.29, 1.82) is 0 Å². The van der Waals surface area contributed by atoms with Crippen LogP contribution in [0.4, 0.5) is 5.13 Å². The predicted molar refractivity (Wildman–Crippen MR) is 144 cm³/mol. The van der Waals surface area contributed by atoms with Gasteiger partial charge in [-0.3, -0.25) is 19.9 Å². The van der Waals surface area contributed by atoms with E-state index in [0.29, 0.717) is 21.5 Å². The molecule has 2 aromatic heterocycles. The smallest absolute Gasteiger partial charge is 0.252 e. The number of nitrogens with one attached hydrogen (secondary N) is 2. The molecule has 0 saturated carbocycles. The van der Waals surface area contributed by atoms with Crippen molar-refractivity contribution < 1.29 is 9.59 Å². The molecule has 6 nitrogen and oxygen atoms in total. The summed E-state index contributed by atoms with van der Waals surface area (Å²) >= 11 is 3.56. The van der Waals surface area contributed by atoms with Gasteiger partial charge < -0.3 is 5.32 Å². The summed E-state index contributed by atoms with van der Waals surface area (Å²) in [7, 11) is 0. The van der Waals surface area contributed by atoms with Crippen LogP contribution in [0, 0.1) is 0 Å². The van der Waals surface area contributed by atoms with Crippen molar-refractivity contribution in [3.05, 3.63) is 101 Å². The zero-order chi connectivity index (χ0) is 24.0. The number of thiazole rings is 1. The minimum atomic E-state index is -1.11. The standard InChI is InChI=1S/C26H23IN4O2S/c1-26(17-27,31-23(32)20-12-14-28-15-13-20)24(33)30-25-29-22(19-10-6-3-7-11-19)21(34-25)16-18-8-4-2-5-9-18/h2-15H,16-17H2,1H3,(H,31,32)(H,29,30,33). The van der Waals surface area contributed by atoms with Crippen LogP contribution in [-0.4, -0.2) is 31.7 Å². The number of benzene rings is 2. The Morgan fingerprint density at radius 1 is 0.971 bits per heavy atom. The van der Waals surface area contributed by atoms with Gasteiger partial charge in [-0.15, -0.1) is 11.3 Å². The number of pyridine rings is 1. The molecular weight excluding hydrogens is 559 g/mol. The molecule has 0 bridgehead atoms. The van der Waals surface area contributed by atoms with Crippen molar-refractivity contribution >= 4 is 50.9 Å². The second-order valence-electron chi connectivity index (χ2n) is 7.93. The van der Waals surface area contributed by atoms with Crippen LogP contribution in [0.2, 0.25) is 0 Å².